The zero-order valence-electron chi connectivity index (χ0n) is 10.5. The number of imidazole rings is 1. The maximum Gasteiger partial charge on any atom is 0.137 e. The van der Waals surface area contributed by atoms with Crippen molar-refractivity contribution in [2.75, 3.05) is 0 Å². The number of thiophene rings is 1. The number of fused-ring (bicyclic) bond motifs is 1. The Bertz CT molecular complexity index is 675. The number of nitrogens with one attached hydrogen (secondary N) is 1. The Labute approximate surface area is 120 Å². The molecule has 0 saturated carbocycles. The van der Waals surface area contributed by atoms with Crippen molar-refractivity contribution in [3.8, 4) is 0 Å². The number of nitrogens with zero attached hydrogens (tertiary/aromatic N) is 2. The van der Waals surface area contributed by atoms with Crippen LogP contribution in [0.5, 0.6) is 0 Å². The van der Waals surface area contributed by atoms with E-state index in [-0.39, 0.29) is 0 Å². The summed E-state index contributed by atoms with van der Waals surface area (Å²) in [4.78, 5) is 5.89. The van der Waals surface area contributed by atoms with Gasteiger partial charge in [0.25, 0.3) is 0 Å². The van der Waals surface area contributed by atoms with Crippen molar-refractivity contribution in [3.05, 3.63) is 57.6 Å². The molecule has 98 valence electrons. The summed E-state index contributed by atoms with van der Waals surface area (Å²) in [6, 6.07) is 8.34. The van der Waals surface area contributed by atoms with E-state index < -0.39 is 0 Å². The highest BCUT2D eigenvalue weighted by Crippen LogP contribution is 2.18. The Morgan fingerprint density at radius 1 is 1.37 bits per heavy atom. The molecule has 0 bridgehead atoms. The second kappa shape index (κ2) is 5.33. The van der Waals surface area contributed by atoms with Gasteiger partial charge < -0.3 is 9.72 Å². The van der Waals surface area contributed by atoms with Gasteiger partial charge in [-0.25, -0.2) is 4.98 Å². The summed E-state index contributed by atoms with van der Waals surface area (Å²) in [6.07, 6.45) is 3.88. The van der Waals surface area contributed by atoms with E-state index >= 15 is 0 Å². The van der Waals surface area contributed by atoms with Crippen LogP contribution in [0.2, 0.25) is 5.02 Å². The van der Waals surface area contributed by atoms with Gasteiger partial charge >= 0.3 is 0 Å². The average Bonchev–Trinajstić information content (AvgIpc) is 3.04. The SMILES string of the molecule is C[C@@H](NCc1cn2cc(Cl)ccc2n1)c1cccs1. The van der Waals surface area contributed by atoms with E-state index in [0.29, 0.717) is 6.04 Å². The van der Waals surface area contributed by atoms with Gasteiger partial charge in [-0.2, -0.15) is 0 Å². The zero-order chi connectivity index (χ0) is 13.2. The molecule has 0 aliphatic carbocycles. The summed E-state index contributed by atoms with van der Waals surface area (Å²) in [5, 5.41) is 6.29. The number of pyridine rings is 1. The topological polar surface area (TPSA) is 29.3 Å². The molecule has 0 unspecified atom stereocenters. The Morgan fingerprint density at radius 3 is 3.05 bits per heavy atom. The molecule has 0 aromatic carbocycles. The predicted molar refractivity (Wildman–Crippen MR) is 79.8 cm³/mol. The van der Waals surface area contributed by atoms with Crippen molar-refractivity contribution < 1.29 is 0 Å². The van der Waals surface area contributed by atoms with Crippen LogP contribution in [-0.2, 0) is 6.54 Å². The maximum absolute atomic E-state index is 5.96. The standard InChI is InChI=1S/C14H14ClN3S/c1-10(13-3-2-6-19-13)16-7-12-9-18-8-11(15)4-5-14(18)17-12/h2-6,8-10,16H,7H2,1H3/t10-/m1/s1. The van der Waals surface area contributed by atoms with Crippen molar-refractivity contribution in [2.24, 2.45) is 0 Å². The molecule has 19 heavy (non-hydrogen) atoms. The summed E-state index contributed by atoms with van der Waals surface area (Å²) in [5.74, 6) is 0. The Morgan fingerprint density at radius 2 is 2.26 bits per heavy atom. The molecular formula is C14H14ClN3S. The molecule has 0 fully saturated rings. The first-order valence-corrected chi connectivity index (χ1v) is 7.38. The van der Waals surface area contributed by atoms with Crippen LogP contribution in [0.4, 0.5) is 0 Å². The third-order valence-electron chi connectivity index (χ3n) is 3.02. The van der Waals surface area contributed by atoms with Gasteiger partial charge in [-0.3, -0.25) is 0 Å². The van der Waals surface area contributed by atoms with Crippen molar-refractivity contribution in [1.82, 2.24) is 14.7 Å². The van der Waals surface area contributed by atoms with Crippen LogP contribution in [0.3, 0.4) is 0 Å². The van der Waals surface area contributed by atoms with Gasteiger partial charge in [-0.15, -0.1) is 11.3 Å². The van der Waals surface area contributed by atoms with E-state index in [0.717, 1.165) is 22.9 Å². The second-order valence-corrected chi connectivity index (χ2v) is 5.88. The molecule has 3 rings (SSSR count). The summed E-state index contributed by atoms with van der Waals surface area (Å²) in [7, 11) is 0. The third kappa shape index (κ3) is 2.81. The first-order chi connectivity index (χ1) is 9.22. The largest absolute Gasteiger partial charge is 0.305 e. The minimum atomic E-state index is 0.341. The molecule has 1 atom stereocenters. The molecule has 3 aromatic rings. The van der Waals surface area contributed by atoms with Gasteiger partial charge in [0.1, 0.15) is 5.65 Å². The fraction of sp³-hybridized carbons (Fsp3) is 0.214. The monoisotopic (exact) mass is 291 g/mol. The van der Waals surface area contributed by atoms with Crippen molar-refractivity contribution in [3.63, 3.8) is 0 Å². The van der Waals surface area contributed by atoms with Crippen LogP contribution in [0.15, 0.2) is 42.0 Å². The van der Waals surface area contributed by atoms with Crippen LogP contribution in [-0.4, -0.2) is 9.38 Å². The van der Waals surface area contributed by atoms with Crippen molar-refractivity contribution in [2.45, 2.75) is 19.5 Å². The van der Waals surface area contributed by atoms with Gasteiger partial charge in [0.15, 0.2) is 0 Å². The van der Waals surface area contributed by atoms with E-state index in [1.165, 1.54) is 4.88 Å². The Kier molecular flexibility index (Phi) is 3.55. The molecule has 0 amide bonds. The number of halogens is 1. The van der Waals surface area contributed by atoms with Crippen LogP contribution in [0.1, 0.15) is 23.5 Å². The minimum absolute atomic E-state index is 0.341. The molecule has 3 heterocycles. The highest BCUT2D eigenvalue weighted by atomic mass is 35.5. The molecule has 0 radical (unpaired) electrons. The van der Waals surface area contributed by atoms with Gasteiger partial charge in [-0.1, -0.05) is 17.7 Å². The lowest BCUT2D eigenvalue weighted by Crippen LogP contribution is -2.17. The lowest BCUT2D eigenvalue weighted by molar-refractivity contribution is 0.577. The molecule has 1 N–H and O–H groups in total. The van der Waals surface area contributed by atoms with Crippen LogP contribution < -0.4 is 5.32 Å². The van der Waals surface area contributed by atoms with E-state index in [1.54, 1.807) is 11.3 Å². The maximum atomic E-state index is 5.96. The smallest absolute Gasteiger partial charge is 0.137 e. The first kappa shape index (κ1) is 12.7. The van der Waals surface area contributed by atoms with Crippen molar-refractivity contribution in [1.29, 1.82) is 0 Å². The predicted octanol–water partition coefficient (Wildman–Crippen LogP) is 3.90. The van der Waals surface area contributed by atoms with E-state index in [2.05, 4.69) is 34.7 Å². The van der Waals surface area contributed by atoms with Crippen LogP contribution >= 0.6 is 22.9 Å². The first-order valence-electron chi connectivity index (χ1n) is 6.12. The van der Waals surface area contributed by atoms with Gasteiger partial charge in [-0.05, 0) is 30.5 Å². The second-order valence-electron chi connectivity index (χ2n) is 4.46. The van der Waals surface area contributed by atoms with Gasteiger partial charge in [0, 0.05) is 29.9 Å². The van der Waals surface area contributed by atoms with E-state index in [4.69, 9.17) is 11.6 Å². The fourth-order valence-corrected chi connectivity index (χ4v) is 2.93. The number of hydrogen-bond donors (Lipinski definition) is 1. The molecule has 0 saturated heterocycles. The number of hydrogen-bond acceptors (Lipinski definition) is 3. The summed E-state index contributed by atoms with van der Waals surface area (Å²) < 4.78 is 1.95. The summed E-state index contributed by atoms with van der Waals surface area (Å²) in [5.41, 5.74) is 1.94. The molecule has 0 spiro atoms. The minimum Gasteiger partial charge on any atom is -0.305 e. The van der Waals surface area contributed by atoms with Crippen LogP contribution in [0, 0.1) is 0 Å². The average molecular weight is 292 g/mol. The molecule has 3 aromatic heterocycles. The zero-order valence-corrected chi connectivity index (χ0v) is 12.1. The van der Waals surface area contributed by atoms with E-state index in [9.17, 15) is 0 Å². The van der Waals surface area contributed by atoms with Crippen LogP contribution in [0.25, 0.3) is 5.65 Å². The third-order valence-corrected chi connectivity index (χ3v) is 4.30. The van der Waals surface area contributed by atoms with Gasteiger partial charge in [0.05, 0.1) is 10.7 Å². The molecular weight excluding hydrogens is 278 g/mol. The van der Waals surface area contributed by atoms with Crippen molar-refractivity contribution >= 4 is 28.6 Å². The quantitative estimate of drug-likeness (QED) is 0.790. The summed E-state index contributed by atoms with van der Waals surface area (Å²) in [6.45, 7) is 2.91. The van der Waals surface area contributed by atoms with E-state index in [1.807, 2.05) is 28.9 Å². The summed E-state index contributed by atoms with van der Waals surface area (Å²) >= 11 is 7.73. The number of aromatic nitrogens is 2. The lowest BCUT2D eigenvalue weighted by Gasteiger charge is -2.10. The Hall–Kier alpha value is -1.36. The van der Waals surface area contributed by atoms with Gasteiger partial charge in [0.2, 0.25) is 0 Å². The fourth-order valence-electron chi connectivity index (χ4n) is 2.00. The molecule has 3 nitrogen and oxygen atoms in total. The highest BCUT2D eigenvalue weighted by Gasteiger charge is 2.07. The number of rotatable bonds is 4. The molecule has 0 aliphatic rings. The highest BCUT2D eigenvalue weighted by molar-refractivity contribution is 7.10. The molecule has 0 aliphatic heterocycles. The Balaban J connectivity index is 1.71. The molecule has 5 heteroatoms. The normalized spacial score (nSPS) is 12.9. The lowest BCUT2D eigenvalue weighted by atomic mass is 10.2.